The summed E-state index contributed by atoms with van der Waals surface area (Å²) in [5, 5.41) is 18.0. The number of hydrogen-bond acceptors (Lipinski definition) is 2. The molecule has 0 aliphatic heterocycles. The topological polar surface area (TPSA) is 40.5 Å². The minimum Gasteiger partial charge on any atom is -0.508 e. The molecule has 2 aromatic rings. The van der Waals surface area contributed by atoms with Gasteiger partial charge < -0.3 is 10.2 Å². The maximum atomic E-state index is 9.34. The fourth-order valence-electron chi connectivity index (χ4n) is 1.52. The maximum Gasteiger partial charge on any atom is 0.118 e. The van der Waals surface area contributed by atoms with Gasteiger partial charge in [-0.25, -0.2) is 0 Å². The molecule has 0 bridgehead atoms. The van der Waals surface area contributed by atoms with Gasteiger partial charge in [0.15, 0.2) is 0 Å². The molecule has 0 radical (unpaired) electrons. The van der Waals surface area contributed by atoms with Gasteiger partial charge in [-0.2, -0.15) is 0 Å². The van der Waals surface area contributed by atoms with Gasteiger partial charge in [0.25, 0.3) is 0 Å². The maximum absolute atomic E-state index is 9.34. The van der Waals surface area contributed by atoms with Crippen LogP contribution in [0, 0.1) is 0 Å². The fourth-order valence-corrected chi connectivity index (χ4v) is 1.52. The van der Waals surface area contributed by atoms with E-state index in [9.17, 15) is 5.11 Å². The van der Waals surface area contributed by atoms with Gasteiger partial charge in [-0.05, 0) is 36.6 Å². The van der Waals surface area contributed by atoms with E-state index in [0.717, 1.165) is 18.4 Å². The highest BCUT2D eigenvalue weighted by molar-refractivity contribution is 5.31. The summed E-state index contributed by atoms with van der Waals surface area (Å²) in [4.78, 5) is 0. The van der Waals surface area contributed by atoms with Crippen molar-refractivity contribution in [2.24, 2.45) is 0 Å². The molecule has 0 aliphatic rings. The molecule has 0 saturated carbocycles. The Labute approximate surface area is 109 Å². The molecule has 2 nitrogen and oxygen atoms in total. The largest absolute Gasteiger partial charge is 0.508 e. The third-order valence-electron chi connectivity index (χ3n) is 2.55. The Morgan fingerprint density at radius 3 is 1.94 bits per heavy atom. The van der Waals surface area contributed by atoms with Crippen LogP contribution < -0.4 is 0 Å². The van der Waals surface area contributed by atoms with Gasteiger partial charge in [-0.1, -0.05) is 49.7 Å². The van der Waals surface area contributed by atoms with Crippen molar-refractivity contribution in [2.45, 2.75) is 26.2 Å². The SMILES string of the molecule is CCCCc1ccccc1O.Oc1ccccc1. The zero-order valence-electron chi connectivity index (χ0n) is 10.7. The highest BCUT2D eigenvalue weighted by atomic mass is 16.3. The molecule has 0 fully saturated rings. The first-order valence-electron chi connectivity index (χ1n) is 6.25. The van der Waals surface area contributed by atoms with E-state index in [-0.39, 0.29) is 0 Å². The quantitative estimate of drug-likeness (QED) is 0.852. The molecule has 2 N–H and O–H groups in total. The lowest BCUT2D eigenvalue weighted by Gasteiger charge is -2.01. The highest BCUT2D eigenvalue weighted by Gasteiger charge is 1.96. The van der Waals surface area contributed by atoms with E-state index in [4.69, 9.17) is 5.11 Å². The van der Waals surface area contributed by atoms with E-state index in [1.165, 1.54) is 6.42 Å². The molecule has 0 atom stereocenters. The summed E-state index contributed by atoms with van der Waals surface area (Å²) in [6.45, 7) is 2.15. The van der Waals surface area contributed by atoms with Crippen LogP contribution in [0.4, 0.5) is 0 Å². The van der Waals surface area contributed by atoms with Crippen LogP contribution >= 0.6 is 0 Å². The highest BCUT2D eigenvalue weighted by Crippen LogP contribution is 2.17. The normalized spacial score (nSPS) is 9.39. The van der Waals surface area contributed by atoms with Crippen LogP contribution in [0.1, 0.15) is 25.3 Å². The summed E-state index contributed by atoms with van der Waals surface area (Å²) in [5.41, 5.74) is 1.06. The molecule has 0 amide bonds. The molecule has 0 spiro atoms. The second kappa shape index (κ2) is 8.18. The molecule has 0 aliphatic carbocycles. The van der Waals surface area contributed by atoms with Crippen molar-refractivity contribution in [1.29, 1.82) is 0 Å². The van der Waals surface area contributed by atoms with E-state index < -0.39 is 0 Å². The zero-order valence-corrected chi connectivity index (χ0v) is 10.7. The summed E-state index contributed by atoms with van der Waals surface area (Å²) in [7, 11) is 0. The van der Waals surface area contributed by atoms with Gasteiger partial charge in [-0.15, -0.1) is 0 Å². The van der Waals surface area contributed by atoms with E-state index >= 15 is 0 Å². The Morgan fingerprint density at radius 2 is 1.44 bits per heavy atom. The van der Waals surface area contributed by atoms with Crippen molar-refractivity contribution < 1.29 is 10.2 Å². The van der Waals surface area contributed by atoms with Crippen molar-refractivity contribution in [2.75, 3.05) is 0 Å². The third-order valence-corrected chi connectivity index (χ3v) is 2.55. The Morgan fingerprint density at radius 1 is 0.833 bits per heavy atom. The van der Waals surface area contributed by atoms with Gasteiger partial charge in [0, 0.05) is 0 Å². The number of phenolic OH excluding ortho intramolecular Hbond substituents is 2. The summed E-state index contributed by atoms with van der Waals surface area (Å²) >= 11 is 0. The van der Waals surface area contributed by atoms with Crippen molar-refractivity contribution >= 4 is 0 Å². The van der Waals surface area contributed by atoms with E-state index in [2.05, 4.69) is 6.92 Å². The smallest absolute Gasteiger partial charge is 0.118 e. The molecule has 2 heteroatoms. The first-order chi connectivity index (χ1) is 8.74. The summed E-state index contributed by atoms with van der Waals surface area (Å²) in [6.07, 6.45) is 3.31. The molecular formula is C16H20O2. The van der Waals surface area contributed by atoms with Crippen LogP contribution in [0.3, 0.4) is 0 Å². The number of aromatic hydroxyl groups is 2. The van der Waals surface area contributed by atoms with Crippen LogP contribution in [-0.2, 0) is 6.42 Å². The lowest BCUT2D eigenvalue weighted by atomic mass is 10.1. The minimum absolute atomic E-state index is 0.322. The van der Waals surface area contributed by atoms with E-state index in [1.54, 1.807) is 30.3 Å². The van der Waals surface area contributed by atoms with Crippen molar-refractivity contribution in [1.82, 2.24) is 0 Å². The predicted molar refractivity (Wildman–Crippen MR) is 74.8 cm³/mol. The average molecular weight is 244 g/mol. The minimum atomic E-state index is 0.322. The first kappa shape index (κ1) is 14.1. The number of rotatable bonds is 3. The van der Waals surface area contributed by atoms with E-state index in [0.29, 0.717) is 11.5 Å². The number of benzene rings is 2. The summed E-state index contributed by atoms with van der Waals surface area (Å²) in [6, 6.07) is 16.2. The fraction of sp³-hybridized carbons (Fsp3) is 0.250. The summed E-state index contributed by atoms with van der Waals surface area (Å²) < 4.78 is 0. The van der Waals surface area contributed by atoms with Gasteiger partial charge >= 0.3 is 0 Å². The number of hydrogen-bond donors (Lipinski definition) is 2. The Kier molecular flexibility index (Phi) is 6.41. The lowest BCUT2D eigenvalue weighted by Crippen LogP contribution is -1.83. The number of para-hydroxylation sites is 2. The monoisotopic (exact) mass is 244 g/mol. The van der Waals surface area contributed by atoms with Crippen LogP contribution in [-0.4, -0.2) is 10.2 Å². The number of unbranched alkanes of at least 4 members (excludes halogenated alkanes) is 1. The second-order valence-corrected chi connectivity index (χ2v) is 4.07. The van der Waals surface area contributed by atoms with Crippen LogP contribution in [0.15, 0.2) is 54.6 Å². The zero-order chi connectivity index (χ0) is 13.2. The number of phenols is 2. The summed E-state index contributed by atoms with van der Waals surface area (Å²) in [5.74, 6) is 0.753. The first-order valence-corrected chi connectivity index (χ1v) is 6.25. The molecular weight excluding hydrogens is 224 g/mol. The molecule has 0 heterocycles. The van der Waals surface area contributed by atoms with Gasteiger partial charge in [0.05, 0.1) is 0 Å². The molecule has 2 rings (SSSR count). The van der Waals surface area contributed by atoms with Crippen LogP contribution in [0.25, 0.3) is 0 Å². The molecule has 0 unspecified atom stereocenters. The Balaban J connectivity index is 0.000000199. The molecule has 0 aromatic heterocycles. The van der Waals surface area contributed by atoms with Crippen molar-refractivity contribution in [3.05, 3.63) is 60.2 Å². The average Bonchev–Trinajstić information content (AvgIpc) is 2.39. The molecule has 0 saturated heterocycles. The molecule has 18 heavy (non-hydrogen) atoms. The molecule has 96 valence electrons. The van der Waals surface area contributed by atoms with Gasteiger partial charge in [0.1, 0.15) is 11.5 Å². The van der Waals surface area contributed by atoms with Gasteiger partial charge in [0.2, 0.25) is 0 Å². The molecule has 2 aromatic carbocycles. The number of aryl methyl sites for hydroxylation is 1. The lowest BCUT2D eigenvalue weighted by molar-refractivity contribution is 0.467. The van der Waals surface area contributed by atoms with Gasteiger partial charge in [-0.3, -0.25) is 0 Å². The van der Waals surface area contributed by atoms with Crippen LogP contribution in [0.5, 0.6) is 11.5 Å². The van der Waals surface area contributed by atoms with E-state index in [1.807, 2.05) is 24.3 Å². The Bertz CT molecular complexity index is 438. The third kappa shape index (κ3) is 5.39. The van der Waals surface area contributed by atoms with Crippen molar-refractivity contribution in [3.63, 3.8) is 0 Å². The van der Waals surface area contributed by atoms with Crippen LogP contribution in [0.2, 0.25) is 0 Å². The predicted octanol–water partition coefficient (Wildman–Crippen LogP) is 4.13. The second-order valence-electron chi connectivity index (χ2n) is 4.07. The van der Waals surface area contributed by atoms with Crippen molar-refractivity contribution in [3.8, 4) is 11.5 Å². The Hall–Kier alpha value is -1.96. The standard InChI is InChI=1S/C10H14O.C6H6O/c1-2-3-6-9-7-4-5-8-10(9)11;7-6-4-2-1-3-5-6/h4-5,7-8,11H,2-3,6H2,1H3;1-5,7H.